The fourth-order valence-corrected chi connectivity index (χ4v) is 2.69. The number of carboxylic acid groups (broad SMARTS) is 1. The Labute approximate surface area is 131 Å². The number of amides is 1. The molecule has 0 saturated carbocycles. The second-order valence-corrected chi connectivity index (χ2v) is 6.29. The highest BCUT2D eigenvalue weighted by atomic mass is 79.9. The van der Waals surface area contributed by atoms with Crippen LogP contribution in [-0.4, -0.2) is 23.5 Å². The topological polar surface area (TPSA) is 66.4 Å². The van der Waals surface area contributed by atoms with Gasteiger partial charge in [0, 0.05) is 16.0 Å². The highest BCUT2D eigenvalue weighted by molar-refractivity contribution is 9.10. The lowest BCUT2D eigenvalue weighted by molar-refractivity contribution is -0.142. The molecule has 1 unspecified atom stereocenters. The zero-order chi connectivity index (χ0) is 15.3. The van der Waals surface area contributed by atoms with Crippen LogP contribution in [-0.2, 0) is 4.79 Å². The van der Waals surface area contributed by atoms with Gasteiger partial charge in [-0.25, -0.2) is 0 Å². The molecule has 0 aliphatic rings. The molecule has 4 nitrogen and oxygen atoms in total. The number of aliphatic carboxylic acids is 1. The van der Waals surface area contributed by atoms with Crippen molar-refractivity contribution in [3.8, 4) is 0 Å². The molecule has 1 rings (SSSR count). The van der Waals surface area contributed by atoms with E-state index in [4.69, 9.17) is 16.7 Å². The number of hydrogen-bond acceptors (Lipinski definition) is 2. The molecule has 0 aliphatic carbocycles. The van der Waals surface area contributed by atoms with Crippen LogP contribution in [0.1, 0.15) is 30.6 Å². The van der Waals surface area contributed by atoms with Crippen LogP contribution < -0.4 is 5.32 Å². The number of carbonyl (C=O) groups is 2. The Kier molecular flexibility index (Phi) is 6.49. The third kappa shape index (κ3) is 5.13. The first-order chi connectivity index (χ1) is 9.31. The summed E-state index contributed by atoms with van der Waals surface area (Å²) in [6.45, 7) is 4.02. The van der Waals surface area contributed by atoms with Crippen LogP contribution in [0.4, 0.5) is 0 Å². The molecule has 20 heavy (non-hydrogen) atoms. The summed E-state index contributed by atoms with van der Waals surface area (Å²) < 4.78 is 0.582. The monoisotopic (exact) mass is 361 g/mol. The molecular formula is C14H17BrClNO3. The predicted octanol–water partition coefficient (Wildman–Crippen LogP) is 3.58. The van der Waals surface area contributed by atoms with E-state index in [-0.39, 0.29) is 18.4 Å². The third-order valence-electron chi connectivity index (χ3n) is 2.79. The van der Waals surface area contributed by atoms with Gasteiger partial charge in [-0.3, -0.25) is 9.59 Å². The maximum Gasteiger partial charge on any atom is 0.308 e. The number of halogens is 2. The van der Waals surface area contributed by atoms with Crippen molar-refractivity contribution in [1.82, 2.24) is 5.32 Å². The Hall–Kier alpha value is -1.07. The summed E-state index contributed by atoms with van der Waals surface area (Å²) in [4.78, 5) is 23.1. The SMILES string of the molecule is CC(C)CC(CNC(=O)c1ccc(Cl)cc1Br)C(=O)O. The summed E-state index contributed by atoms with van der Waals surface area (Å²) >= 11 is 9.07. The number of carboxylic acids is 1. The molecule has 0 saturated heterocycles. The van der Waals surface area contributed by atoms with Crippen LogP contribution in [0.25, 0.3) is 0 Å². The summed E-state index contributed by atoms with van der Waals surface area (Å²) in [6.07, 6.45) is 0.525. The van der Waals surface area contributed by atoms with E-state index in [1.807, 2.05) is 13.8 Å². The lowest BCUT2D eigenvalue weighted by Gasteiger charge is -2.15. The van der Waals surface area contributed by atoms with Gasteiger partial charge in [0.1, 0.15) is 0 Å². The van der Waals surface area contributed by atoms with Crippen LogP contribution in [0.2, 0.25) is 5.02 Å². The first-order valence-electron chi connectivity index (χ1n) is 6.27. The largest absolute Gasteiger partial charge is 0.481 e. The molecular weight excluding hydrogens is 346 g/mol. The molecule has 0 spiro atoms. The molecule has 6 heteroatoms. The number of rotatable bonds is 6. The van der Waals surface area contributed by atoms with Crippen LogP contribution in [0.15, 0.2) is 22.7 Å². The zero-order valence-electron chi connectivity index (χ0n) is 11.3. The average Bonchev–Trinajstić information content (AvgIpc) is 2.33. The molecule has 0 heterocycles. The van der Waals surface area contributed by atoms with Crippen molar-refractivity contribution < 1.29 is 14.7 Å². The fourth-order valence-electron chi connectivity index (χ4n) is 1.83. The van der Waals surface area contributed by atoms with Gasteiger partial charge in [-0.2, -0.15) is 0 Å². The summed E-state index contributed by atoms with van der Waals surface area (Å²) in [5.41, 5.74) is 0.433. The van der Waals surface area contributed by atoms with Crippen LogP contribution in [0.5, 0.6) is 0 Å². The maximum absolute atomic E-state index is 12.0. The van der Waals surface area contributed by atoms with Gasteiger partial charge in [-0.1, -0.05) is 25.4 Å². The normalized spacial score (nSPS) is 12.2. The smallest absolute Gasteiger partial charge is 0.308 e. The molecule has 1 aromatic carbocycles. The molecule has 0 fully saturated rings. The molecule has 0 radical (unpaired) electrons. The van der Waals surface area contributed by atoms with E-state index in [2.05, 4.69) is 21.2 Å². The standard InChI is InChI=1S/C14H17BrClNO3/c1-8(2)5-9(14(19)20)7-17-13(18)11-4-3-10(16)6-12(11)15/h3-4,6,8-9H,5,7H2,1-2H3,(H,17,18)(H,19,20). The average molecular weight is 363 g/mol. The zero-order valence-corrected chi connectivity index (χ0v) is 13.7. The summed E-state index contributed by atoms with van der Waals surface area (Å²) in [6, 6.07) is 4.84. The summed E-state index contributed by atoms with van der Waals surface area (Å²) in [5, 5.41) is 12.3. The molecule has 0 aliphatic heterocycles. The molecule has 110 valence electrons. The number of benzene rings is 1. The quantitative estimate of drug-likeness (QED) is 0.813. The Bertz CT molecular complexity index is 505. The van der Waals surface area contributed by atoms with Crippen molar-refractivity contribution in [2.75, 3.05) is 6.54 Å². The molecule has 0 aromatic heterocycles. The van der Waals surface area contributed by atoms with Crippen molar-refractivity contribution in [3.05, 3.63) is 33.3 Å². The Morgan fingerprint density at radius 1 is 1.40 bits per heavy atom. The van der Waals surface area contributed by atoms with Crippen LogP contribution in [0, 0.1) is 11.8 Å². The minimum Gasteiger partial charge on any atom is -0.481 e. The molecule has 1 atom stereocenters. The number of carbonyl (C=O) groups excluding carboxylic acids is 1. The minimum absolute atomic E-state index is 0.113. The van der Waals surface area contributed by atoms with Crippen molar-refractivity contribution in [2.45, 2.75) is 20.3 Å². The van der Waals surface area contributed by atoms with Crippen molar-refractivity contribution in [2.24, 2.45) is 11.8 Å². The van der Waals surface area contributed by atoms with Gasteiger partial charge in [0.15, 0.2) is 0 Å². The van der Waals surface area contributed by atoms with Crippen LogP contribution in [0.3, 0.4) is 0 Å². The number of hydrogen-bond donors (Lipinski definition) is 2. The highest BCUT2D eigenvalue weighted by Gasteiger charge is 2.20. The van der Waals surface area contributed by atoms with E-state index >= 15 is 0 Å². The molecule has 1 aromatic rings. The second-order valence-electron chi connectivity index (χ2n) is 5.00. The third-order valence-corrected chi connectivity index (χ3v) is 3.68. The second kappa shape index (κ2) is 7.64. The van der Waals surface area contributed by atoms with Gasteiger partial charge in [0.25, 0.3) is 5.91 Å². The minimum atomic E-state index is -0.894. The van der Waals surface area contributed by atoms with Gasteiger partial charge >= 0.3 is 5.97 Å². The predicted molar refractivity (Wildman–Crippen MR) is 82.1 cm³/mol. The first-order valence-corrected chi connectivity index (χ1v) is 7.44. The van der Waals surface area contributed by atoms with Crippen LogP contribution >= 0.6 is 27.5 Å². The maximum atomic E-state index is 12.0. The van der Waals surface area contributed by atoms with E-state index in [9.17, 15) is 9.59 Å². The van der Waals surface area contributed by atoms with E-state index in [0.717, 1.165) is 0 Å². The van der Waals surface area contributed by atoms with E-state index in [0.29, 0.717) is 21.5 Å². The van der Waals surface area contributed by atoms with E-state index in [1.165, 1.54) is 0 Å². The van der Waals surface area contributed by atoms with Gasteiger partial charge in [0.05, 0.1) is 11.5 Å². The van der Waals surface area contributed by atoms with Crippen molar-refractivity contribution in [1.29, 1.82) is 0 Å². The molecule has 1 amide bonds. The van der Waals surface area contributed by atoms with Gasteiger partial charge in [-0.05, 0) is 46.5 Å². The van der Waals surface area contributed by atoms with Gasteiger partial charge in [0.2, 0.25) is 0 Å². The lowest BCUT2D eigenvalue weighted by atomic mass is 9.97. The highest BCUT2D eigenvalue weighted by Crippen LogP contribution is 2.21. The Morgan fingerprint density at radius 2 is 2.05 bits per heavy atom. The number of nitrogens with one attached hydrogen (secondary N) is 1. The fraction of sp³-hybridized carbons (Fsp3) is 0.429. The first kappa shape index (κ1) is 17.0. The van der Waals surface area contributed by atoms with Crippen molar-refractivity contribution >= 4 is 39.4 Å². The van der Waals surface area contributed by atoms with E-state index < -0.39 is 11.9 Å². The summed E-state index contributed by atoms with van der Waals surface area (Å²) in [5.74, 6) is -1.53. The van der Waals surface area contributed by atoms with Gasteiger partial charge < -0.3 is 10.4 Å². The van der Waals surface area contributed by atoms with Crippen molar-refractivity contribution in [3.63, 3.8) is 0 Å². The molecule has 2 N–H and O–H groups in total. The lowest BCUT2D eigenvalue weighted by Crippen LogP contribution is -2.33. The Balaban J connectivity index is 2.68. The molecule has 0 bridgehead atoms. The van der Waals surface area contributed by atoms with E-state index in [1.54, 1.807) is 18.2 Å². The summed E-state index contributed by atoms with van der Waals surface area (Å²) in [7, 11) is 0. The Morgan fingerprint density at radius 3 is 2.55 bits per heavy atom. The van der Waals surface area contributed by atoms with Gasteiger partial charge in [-0.15, -0.1) is 0 Å².